The number of furan rings is 1. The first-order valence-corrected chi connectivity index (χ1v) is 11.2. The number of nitrogens with zero attached hydrogens (tertiary/aromatic N) is 1. The third kappa shape index (κ3) is 2.95. The summed E-state index contributed by atoms with van der Waals surface area (Å²) in [5.74, 6) is 0. The van der Waals surface area contributed by atoms with Gasteiger partial charge in [-0.3, -0.25) is 0 Å². The molecule has 0 unspecified atom stereocenters. The van der Waals surface area contributed by atoms with Crippen molar-refractivity contribution in [2.75, 3.05) is 0 Å². The summed E-state index contributed by atoms with van der Waals surface area (Å²) in [7, 11) is 0. The number of allylic oxidation sites excluding steroid dienone is 1. The van der Waals surface area contributed by atoms with Crippen molar-refractivity contribution in [2.45, 2.75) is 6.92 Å². The molecule has 0 saturated carbocycles. The molecule has 2 aromatic heterocycles. The molecule has 0 aliphatic rings. The summed E-state index contributed by atoms with van der Waals surface area (Å²) in [6.07, 6.45) is 5.82. The second kappa shape index (κ2) is 7.68. The van der Waals surface area contributed by atoms with Crippen molar-refractivity contribution in [1.29, 1.82) is 0 Å². The lowest BCUT2D eigenvalue weighted by Gasteiger charge is -2.09. The Morgan fingerprint density at radius 2 is 1.36 bits per heavy atom. The van der Waals surface area contributed by atoms with E-state index in [1.807, 2.05) is 25.2 Å². The van der Waals surface area contributed by atoms with Gasteiger partial charge in [0.2, 0.25) is 0 Å². The molecule has 0 N–H and O–H groups in total. The van der Waals surface area contributed by atoms with Crippen LogP contribution >= 0.6 is 0 Å². The van der Waals surface area contributed by atoms with E-state index in [-0.39, 0.29) is 0 Å². The minimum Gasteiger partial charge on any atom is -0.456 e. The maximum absolute atomic E-state index is 6.26. The summed E-state index contributed by atoms with van der Waals surface area (Å²) in [6, 6.07) is 32.3. The number of fused-ring (bicyclic) bond motifs is 4. The molecular weight excluding hydrogens is 402 g/mol. The molecule has 0 radical (unpaired) electrons. The van der Waals surface area contributed by atoms with Crippen molar-refractivity contribution < 1.29 is 4.42 Å². The van der Waals surface area contributed by atoms with Gasteiger partial charge in [-0.05, 0) is 42.8 Å². The second-order valence-corrected chi connectivity index (χ2v) is 8.17. The van der Waals surface area contributed by atoms with Crippen LogP contribution in [0.4, 0.5) is 0 Å². The van der Waals surface area contributed by atoms with Crippen molar-refractivity contribution in [3.63, 3.8) is 0 Å². The average molecular weight is 426 g/mol. The van der Waals surface area contributed by atoms with Gasteiger partial charge < -0.3 is 8.98 Å². The molecule has 0 fully saturated rings. The largest absolute Gasteiger partial charge is 0.456 e. The monoisotopic (exact) mass is 425 g/mol. The Morgan fingerprint density at radius 3 is 2.00 bits per heavy atom. The van der Waals surface area contributed by atoms with Crippen LogP contribution < -0.4 is 10.6 Å². The van der Waals surface area contributed by atoms with E-state index in [0.29, 0.717) is 0 Å². The Balaban J connectivity index is 1.54. The SMILES string of the molecule is C=C/C=c1\c(=C/C)oc2c(-c3ccc(-n4c5ccccc5c5ccccc54)cc3)cccc12. The van der Waals surface area contributed by atoms with Crippen molar-refractivity contribution in [2.24, 2.45) is 0 Å². The number of para-hydroxylation sites is 3. The van der Waals surface area contributed by atoms with Gasteiger partial charge in [-0.2, -0.15) is 0 Å². The summed E-state index contributed by atoms with van der Waals surface area (Å²) >= 11 is 0. The zero-order valence-electron chi connectivity index (χ0n) is 18.5. The van der Waals surface area contributed by atoms with Crippen LogP contribution in [0.2, 0.25) is 0 Å². The maximum Gasteiger partial charge on any atom is 0.143 e. The van der Waals surface area contributed by atoms with E-state index in [4.69, 9.17) is 4.42 Å². The lowest BCUT2D eigenvalue weighted by atomic mass is 10.0. The van der Waals surface area contributed by atoms with E-state index >= 15 is 0 Å². The number of benzene rings is 4. The first-order chi connectivity index (χ1) is 16.3. The summed E-state index contributed by atoms with van der Waals surface area (Å²) in [6.45, 7) is 5.86. The molecule has 6 aromatic rings. The molecule has 0 spiro atoms. The first-order valence-electron chi connectivity index (χ1n) is 11.2. The molecule has 4 aromatic carbocycles. The number of aromatic nitrogens is 1. The smallest absolute Gasteiger partial charge is 0.143 e. The summed E-state index contributed by atoms with van der Waals surface area (Å²) < 4.78 is 8.60. The predicted octanol–water partition coefficient (Wildman–Crippen LogP) is 6.96. The topological polar surface area (TPSA) is 18.1 Å². The Hall–Kier alpha value is -4.30. The fourth-order valence-corrected chi connectivity index (χ4v) is 4.88. The molecule has 0 aliphatic carbocycles. The number of hydrogen-bond donors (Lipinski definition) is 0. The summed E-state index contributed by atoms with van der Waals surface area (Å²) in [4.78, 5) is 0. The molecule has 2 nitrogen and oxygen atoms in total. The highest BCUT2D eigenvalue weighted by molar-refractivity contribution is 6.09. The Labute approximate surface area is 192 Å². The zero-order chi connectivity index (χ0) is 22.4. The summed E-state index contributed by atoms with van der Waals surface area (Å²) in [5.41, 5.74) is 7.58. The molecular formula is C31H23NO. The Bertz CT molecular complexity index is 1730. The van der Waals surface area contributed by atoms with E-state index in [9.17, 15) is 0 Å². The molecule has 158 valence electrons. The van der Waals surface area contributed by atoms with Crippen molar-refractivity contribution in [3.8, 4) is 16.8 Å². The van der Waals surface area contributed by atoms with Crippen LogP contribution in [0.15, 0.2) is 108 Å². The minimum atomic E-state index is 0.874. The van der Waals surface area contributed by atoms with Crippen LogP contribution in [0.3, 0.4) is 0 Å². The third-order valence-corrected chi connectivity index (χ3v) is 6.35. The average Bonchev–Trinajstić information content (AvgIpc) is 3.40. The molecule has 0 aliphatic heterocycles. The Kier molecular flexibility index (Phi) is 4.51. The quantitative estimate of drug-likeness (QED) is 0.300. The highest BCUT2D eigenvalue weighted by Crippen LogP contribution is 2.33. The molecule has 0 amide bonds. The van der Waals surface area contributed by atoms with Gasteiger partial charge in [0, 0.05) is 32.6 Å². The van der Waals surface area contributed by atoms with Gasteiger partial charge in [0.25, 0.3) is 0 Å². The van der Waals surface area contributed by atoms with Gasteiger partial charge in [0.1, 0.15) is 11.0 Å². The van der Waals surface area contributed by atoms with Gasteiger partial charge in [0.15, 0.2) is 0 Å². The summed E-state index contributed by atoms with van der Waals surface area (Å²) in [5, 5.41) is 4.72. The highest BCUT2D eigenvalue weighted by Gasteiger charge is 2.13. The number of rotatable bonds is 3. The van der Waals surface area contributed by atoms with E-state index in [2.05, 4.69) is 102 Å². The van der Waals surface area contributed by atoms with Gasteiger partial charge in [0.05, 0.1) is 11.0 Å². The van der Waals surface area contributed by atoms with E-state index in [0.717, 1.165) is 38.4 Å². The molecule has 2 heteroatoms. The molecule has 0 bridgehead atoms. The van der Waals surface area contributed by atoms with Crippen molar-refractivity contribution in [1.82, 2.24) is 4.57 Å². The maximum atomic E-state index is 6.26. The zero-order valence-corrected chi connectivity index (χ0v) is 18.5. The second-order valence-electron chi connectivity index (χ2n) is 8.17. The van der Waals surface area contributed by atoms with Crippen molar-refractivity contribution >= 4 is 44.9 Å². The molecule has 0 saturated heterocycles. The van der Waals surface area contributed by atoms with E-state index < -0.39 is 0 Å². The standard InChI is InChI=1S/C31H23NO/c1-3-10-26-27-14-9-13-23(31(27)33-30(26)4-2)21-17-19-22(20-18-21)32-28-15-7-5-11-24(28)25-12-6-8-16-29(25)32/h3-20H,1H2,2H3/b26-10-,30-4+. The van der Waals surface area contributed by atoms with Gasteiger partial charge in [-0.1, -0.05) is 85.5 Å². The van der Waals surface area contributed by atoms with Gasteiger partial charge in [-0.25, -0.2) is 0 Å². The van der Waals surface area contributed by atoms with Crippen LogP contribution in [0, 0.1) is 0 Å². The fraction of sp³-hybridized carbons (Fsp3) is 0.0323. The first kappa shape index (κ1) is 19.4. The van der Waals surface area contributed by atoms with Crippen LogP contribution in [0.1, 0.15) is 6.92 Å². The minimum absolute atomic E-state index is 0.874. The lowest BCUT2D eigenvalue weighted by Crippen LogP contribution is -2.18. The fourth-order valence-electron chi connectivity index (χ4n) is 4.88. The van der Waals surface area contributed by atoms with Crippen LogP contribution in [0.5, 0.6) is 0 Å². The lowest BCUT2D eigenvalue weighted by molar-refractivity contribution is 0.576. The molecule has 33 heavy (non-hydrogen) atoms. The van der Waals surface area contributed by atoms with E-state index in [1.54, 1.807) is 0 Å². The molecule has 2 heterocycles. The highest BCUT2D eigenvalue weighted by atomic mass is 16.3. The van der Waals surface area contributed by atoms with Crippen LogP contribution in [0.25, 0.3) is 61.7 Å². The van der Waals surface area contributed by atoms with Crippen LogP contribution in [-0.2, 0) is 0 Å². The van der Waals surface area contributed by atoms with E-state index in [1.165, 1.54) is 21.8 Å². The van der Waals surface area contributed by atoms with Crippen molar-refractivity contribution in [3.05, 3.63) is 114 Å². The van der Waals surface area contributed by atoms with Gasteiger partial charge in [-0.15, -0.1) is 0 Å². The third-order valence-electron chi connectivity index (χ3n) is 6.35. The molecule has 0 atom stereocenters. The predicted molar refractivity (Wildman–Crippen MR) is 140 cm³/mol. The molecule has 6 rings (SSSR count). The van der Waals surface area contributed by atoms with Crippen LogP contribution in [-0.4, -0.2) is 4.57 Å². The Morgan fingerprint density at radius 1 is 0.727 bits per heavy atom. The normalized spacial score (nSPS) is 12.9. The number of hydrogen-bond acceptors (Lipinski definition) is 1. The van der Waals surface area contributed by atoms with Gasteiger partial charge >= 0.3 is 0 Å².